The summed E-state index contributed by atoms with van der Waals surface area (Å²) in [6.45, 7) is 1.70. The van der Waals surface area contributed by atoms with Gasteiger partial charge in [0.15, 0.2) is 5.69 Å². The second kappa shape index (κ2) is 10.00. The fraction of sp³-hybridized carbons (Fsp3) is 0.320. The lowest BCUT2D eigenvalue weighted by molar-refractivity contribution is -0.141. The molecule has 1 N–H and O–H groups in total. The highest BCUT2D eigenvalue weighted by Crippen LogP contribution is 2.38. The molecular formula is C25H24F4N4O3. The van der Waals surface area contributed by atoms with Gasteiger partial charge in [-0.05, 0) is 35.7 Å². The maximum Gasteiger partial charge on any atom is 0.436 e. The Kier molecular flexibility index (Phi) is 7.00. The van der Waals surface area contributed by atoms with Crippen molar-refractivity contribution < 1.29 is 31.9 Å². The number of carbonyl (C=O) groups excluding carboxylic acids is 2. The molecule has 1 aliphatic rings. The first-order valence-electron chi connectivity index (χ1n) is 11.2. The average Bonchev–Trinajstić information content (AvgIpc) is 3.44. The van der Waals surface area contributed by atoms with Crippen molar-refractivity contribution in [3.8, 4) is 0 Å². The highest BCUT2D eigenvalue weighted by atomic mass is 19.4. The summed E-state index contributed by atoms with van der Waals surface area (Å²) in [5.74, 6) is -1.38. The van der Waals surface area contributed by atoms with Crippen LogP contribution in [-0.2, 0) is 30.7 Å². The second-order valence-corrected chi connectivity index (χ2v) is 8.45. The van der Waals surface area contributed by atoms with Crippen molar-refractivity contribution in [2.24, 2.45) is 0 Å². The van der Waals surface area contributed by atoms with E-state index < -0.39 is 42.0 Å². The van der Waals surface area contributed by atoms with E-state index in [0.29, 0.717) is 28.8 Å². The van der Waals surface area contributed by atoms with Gasteiger partial charge in [-0.2, -0.15) is 18.3 Å². The normalized spacial score (nSPS) is 13.9. The number of nitrogens with zero attached hydrogens (tertiary/aromatic N) is 3. The number of hydrogen-bond donors (Lipinski definition) is 1. The molecule has 1 aromatic heterocycles. The van der Waals surface area contributed by atoms with Crippen LogP contribution >= 0.6 is 0 Å². The molecule has 36 heavy (non-hydrogen) atoms. The van der Waals surface area contributed by atoms with Crippen LogP contribution < -0.4 is 10.2 Å². The molecule has 1 amide bonds. The molecule has 0 bridgehead atoms. The zero-order chi connectivity index (χ0) is 26.0. The van der Waals surface area contributed by atoms with E-state index in [1.165, 1.54) is 23.9 Å². The third-order valence-electron chi connectivity index (χ3n) is 6.00. The number of fused-ring (bicyclic) bond motifs is 1. The minimum Gasteiger partial charge on any atom is -0.465 e. The van der Waals surface area contributed by atoms with E-state index in [4.69, 9.17) is 0 Å². The Morgan fingerprint density at radius 2 is 1.81 bits per heavy atom. The number of ether oxygens (including phenoxy) is 1. The van der Waals surface area contributed by atoms with E-state index in [9.17, 15) is 27.2 Å². The van der Waals surface area contributed by atoms with Gasteiger partial charge < -0.3 is 15.0 Å². The summed E-state index contributed by atoms with van der Waals surface area (Å²) < 4.78 is 60.5. The molecule has 1 aliphatic heterocycles. The lowest BCUT2D eigenvalue weighted by Gasteiger charge is -2.21. The van der Waals surface area contributed by atoms with Crippen molar-refractivity contribution in [1.82, 2.24) is 15.1 Å². The predicted molar refractivity (Wildman–Crippen MR) is 123 cm³/mol. The molecule has 0 saturated carbocycles. The minimum atomic E-state index is -4.84. The van der Waals surface area contributed by atoms with Gasteiger partial charge in [-0.25, -0.2) is 13.9 Å². The molecule has 3 aromatic rings. The maximum absolute atomic E-state index is 13.9. The molecule has 2 aromatic carbocycles. The highest BCUT2D eigenvalue weighted by molar-refractivity contribution is 6.01. The first-order chi connectivity index (χ1) is 17.1. The molecule has 0 spiro atoms. The summed E-state index contributed by atoms with van der Waals surface area (Å²) in [7, 11) is 1.25. The largest absolute Gasteiger partial charge is 0.465 e. The average molecular weight is 504 g/mol. The highest BCUT2D eigenvalue weighted by Gasteiger charge is 2.44. The third-order valence-corrected chi connectivity index (χ3v) is 6.00. The summed E-state index contributed by atoms with van der Waals surface area (Å²) in [6, 6.07) is 12.2. The number of alkyl halides is 4. The van der Waals surface area contributed by atoms with Gasteiger partial charge >= 0.3 is 12.1 Å². The molecule has 7 nitrogen and oxygen atoms in total. The van der Waals surface area contributed by atoms with E-state index in [2.05, 4.69) is 15.2 Å². The van der Waals surface area contributed by atoms with Gasteiger partial charge in [-0.1, -0.05) is 36.4 Å². The van der Waals surface area contributed by atoms with Gasteiger partial charge in [0.25, 0.3) is 5.91 Å². The first-order valence-corrected chi connectivity index (χ1v) is 11.2. The molecule has 190 valence electrons. The SMILES string of the molecule is COC(=O)c1ccc([C@H](C)NC(=O)c2c(C(F)(F)F)nn3c2N(Cc2cccc(CF)c2)CC3)cc1. The quantitative estimate of drug-likeness (QED) is 0.374. The van der Waals surface area contributed by atoms with Crippen LogP contribution in [0, 0.1) is 0 Å². The first kappa shape index (κ1) is 25.2. The summed E-state index contributed by atoms with van der Waals surface area (Å²) in [6.07, 6.45) is -4.84. The lowest BCUT2D eigenvalue weighted by Crippen LogP contribution is -2.31. The zero-order valence-corrected chi connectivity index (χ0v) is 19.6. The Bertz CT molecular complexity index is 1270. The van der Waals surface area contributed by atoms with Gasteiger partial charge in [-0.15, -0.1) is 0 Å². The number of anilines is 1. The second-order valence-electron chi connectivity index (χ2n) is 8.45. The van der Waals surface area contributed by atoms with Crippen LogP contribution in [0.15, 0.2) is 48.5 Å². The molecule has 0 fully saturated rings. The summed E-state index contributed by atoms with van der Waals surface area (Å²) >= 11 is 0. The van der Waals surface area contributed by atoms with E-state index in [0.717, 1.165) is 0 Å². The lowest BCUT2D eigenvalue weighted by atomic mass is 10.1. The van der Waals surface area contributed by atoms with Crippen molar-refractivity contribution >= 4 is 17.7 Å². The standard InChI is InChI=1S/C25H24F4N4O3/c1-15(18-6-8-19(9-7-18)24(35)36-2)30-22(34)20-21(25(27,28)29)31-33-11-10-32(23(20)33)14-17-5-3-4-16(12-17)13-26/h3-9,12,15H,10-11,13-14H2,1-2H3,(H,30,34)/t15-/m0/s1. The van der Waals surface area contributed by atoms with Crippen molar-refractivity contribution in [3.63, 3.8) is 0 Å². The van der Waals surface area contributed by atoms with Crippen molar-refractivity contribution in [3.05, 3.63) is 82.0 Å². The molecule has 4 rings (SSSR count). The molecule has 2 heterocycles. The number of rotatable bonds is 7. The topological polar surface area (TPSA) is 76.5 Å². The molecule has 0 unspecified atom stereocenters. The van der Waals surface area contributed by atoms with Gasteiger partial charge in [-0.3, -0.25) is 4.79 Å². The molecule has 0 saturated heterocycles. The van der Waals surface area contributed by atoms with Gasteiger partial charge in [0.2, 0.25) is 0 Å². The van der Waals surface area contributed by atoms with E-state index in [1.807, 2.05) is 0 Å². The number of methoxy groups -OCH3 is 1. The Hall–Kier alpha value is -3.89. The van der Waals surface area contributed by atoms with Crippen LogP contribution in [0.2, 0.25) is 0 Å². The van der Waals surface area contributed by atoms with Gasteiger partial charge in [0, 0.05) is 13.1 Å². The van der Waals surface area contributed by atoms with E-state index >= 15 is 0 Å². The van der Waals surface area contributed by atoms with Gasteiger partial charge in [0.1, 0.15) is 18.1 Å². The number of carbonyl (C=O) groups is 2. The van der Waals surface area contributed by atoms with Gasteiger partial charge in [0.05, 0.1) is 25.3 Å². The Labute approximate surface area is 204 Å². The number of nitrogens with one attached hydrogen (secondary N) is 1. The number of hydrogen-bond acceptors (Lipinski definition) is 5. The Morgan fingerprint density at radius 3 is 2.44 bits per heavy atom. The molecule has 0 aliphatic carbocycles. The van der Waals surface area contributed by atoms with Crippen LogP contribution in [0.5, 0.6) is 0 Å². The summed E-state index contributed by atoms with van der Waals surface area (Å²) in [5.41, 5.74) is 0.249. The van der Waals surface area contributed by atoms with Crippen molar-refractivity contribution in [2.75, 3.05) is 18.6 Å². The van der Waals surface area contributed by atoms with Crippen LogP contribution in [0.25, 0.3) is 0 Å². The molecule has 0 radical (unpaired) electrons. The number of halogens is 4. The minimum absolute atomic E-state index is 0.0683. The fourth-order valence-electron chi connectivity index (χ4n) is 4.22. The van der Waals surface area contributed by atoms with E-state index in [1.54, 1.807) is 48.2 Å². The van der Waals surface area contributed by atoms with E-state index in [-0.39, 0.29) is 18.9 Å². The van der Waals surface area contributed by atoms with Crippen LogP contribution in [0.1, 0.15) is 56.1 Å². The predicted octanol–water partition coefficient (Wildman–Crippen LogP) is 4.67. The molecule has 11 heteroatoms. The number of esters is 1. The number of amides is 1. The number of aromatic nitrogens is 2. The maximum atomic E-state index is 13.9. The van der Waals surface area contributed by atoms with Crippen molar-refractivity contribution in [1.29, 1.82) is 0 Å². The third kappa shape index (κ3) is 5.05. The Morgan fingerprint density at radius 1 is 1.11 bits per heavy atom. The summed E-state index contributed by atoms with van der Waals surface area (Å²) in [4.78, 5) is 26.5. The smallest absolute Gasteiger partial charge is 0.436 e. The van der Waals surface area contributed by atoms with Crippen LogP contribution in [0.4, 0.5) is 23.4 Å². The van der Waals surface area contributed by atoms with Crippen molar-refractivity contribution in [2.45, 2.75) is 38.9 Å². The van der Waals surface area contributed by atoms with Crippen LogP contribution in [0.3, 0.4) is 0 Å². The zero-order valence-electron chi connectivity index (χ0n) is 19.6. The molecular weight excluding hydrogens is 480 g/mol. The Balaban J connectivity index is 1.62. The summed E-state index contributed by atoms with van der Waals surface area (Å²) in [5, 5.41) is 6.33. The molecule has 1 atom stereocenters. The number of benzene rings is 2. The van der Waals surface area contributed by atoms with Crippen LogP contribution in [-0.4, -0.2) is 35.3 Å². The monoisotopic (exact) mass is 504 g/mol. The fourth-order valence-corrected chi connectivity index (χ4v) is 4.22.